The molecule has 0 unspecified atom stereocenters. The minimum Gasteiger partial charge on any atom is -0.394 e. The molecule has 7 fully saturated rings. The SMILES string of the molecule is CC(C)=CCC[C@](C)(O[C@@H]1O[C@H](CO[C@@H]2O[C@H](CO)[C@@H](O)[C@H](O)[C@H]2O)[C@@H](O)[C@H](O)[C@H]1O)[C@@H]1CC[C@]2(C)[C@H]1C(=O)C[C@H]1[C@@]3(C)CC[C@H](O[C@@H]4O[C@H](CO)[C@@H](O)[C@H](O)[C@H]4O)C[C@H]3CC[C@]12C. The third-order valence-electron chi connectivity index (χ3n) is 17.7. The molecule has 4 aliphatic carbocycles. The first-order valence-corrected chi connectivity index (χ1v) is 23.5. The third-order valence-corrected chi connectivity index (χ3v) is 17.7. The molecule has 18 heteroatoms. The molecule has 368 valence electrons. The number of aliphatic hydroxyl groups excluding tert-OH is 11. The summed E-state index contributed by atoms with van der Waals surface area (Å²) in [5.41, 5.74) is -0.814. The Hall–Kier alpha value is -1.27. The molecule has 0 aromatic heterocycles. The zero-order valence-corrected chi connectivity index (χ0v) is 38.1. The second-order valence-corrected chi connectivity index (χ2v) is 21.4. The van der Waals surface area contributed by atoms with Crippen molar-refractivity contribution in [3.8, 4) is 0 Å². The Morgan fingerprint density at radius 1 is 0.703 bits per heavy atom. The van der Waals surface area contributed by atoms with Gasteiger partial charge in [0.25, 0.3) is 0 Å². The summed E-state index contributed by atoms with van der Waals surface area (Å²) >= 11 is 0. The van der Waals surface area contributed by atoms with Crippen molar-refractivity contribution >= 4 is 5.78 Å². The predicted molar refractivity (Wildman–Crippen MR) is 223 cm³/mol. The molecule has 0 radical (unpaired) electrons. The Bertz CT molecular complexity index is 1640. The van der Waals surface area contributed by atoms with Crippen LogP contribution in [0.5, 0.6) is 0 Å². The molecule has 18 nitrogen and oxygen atoms in total. The van der Waals surface area contributed by atoms with Crippen molar-refractivity contribution in [3.05, 3.63) is 11.6 Å². The van der Waals surface area contributed by atoms with Crippen molar-refractivity contribution in [1.82, 2.24) is 0 Å². The van der Waals surface area contributed by atoms with Gasteiger partial charge in [0, 0.05) is 12.3 Å². The first-order valence-electron chi connectivity index (χ1n) is 23.5. The maximum atomic E-state index is 15.0. The molecule has 7 rings (SSSR count). The van der Waals surface area contributed by atoms with Crippen molar-refractivity contribution in [2.75, 3.05) is 19.8 Å². The van der Waals surface area contributed by atoms with E-state index >= 15 is 4.79 Å². The van der Waals surface area contributed by atoms with Gasteiger partial charge in [0.15, 0.2) is 18.9 Å². The van der Waals surface area contributed by atoms with Crippen LogP contribution in [0.4, 0.5) is 0 Å². The summed E-state index contributed by atoms with van der Waals surface area (Å²) in [4.78, 5) is 15.0. The summed E-state index contributed by atoms with van der Waals surface area (Å²) in [6.07, 6.45) is -13.9. The predicted octanol–water partition coefficient (Wildman–Crippen LogP) is -0.455. The third kappa shape index (κ3) is 8.82. The smallest absolute Gasteiger partial charge is 0.187 e. The quantitative estimate of drug-likeness (QED) is 0.0824. The van der Waals surface area contributed by atoms with E-state index in [1.807, 2.05) is 20.8 Å². The van der Waals surface area contributed by atoms with Gasteiger partial charge in [-0.3, -0.25) is 4.79 Å². The number of fused-ring (bicyclic) bond motifs is 5. The van der Waals surface area contributed by atoms with Gasteiger partial charge < -0.3 is 84.6 Å². The molecule has 4 saturated carbocycles. The van der Waals surface area contributed by atoms with E-state index in [4.69, 9.17) is 28.4 Å². The monoisotopic (exact) mass is 917 g/mol. The lowest BCUT2D eigenvalue weighted by Crippen LogP contribution is -2.65. The molecule has 0 bridgehead atoms. The van der Waals surface area contributed by atoms with Crippen molar-refractivity contribution in [2.45, 2.75) is 210 Å². The van der Waals surface area contributed by atoms with Crippen molar-refractivity contribution in [1.29, 1.82) is 0 Å². The number of rotatable bonds is 13. The first kappa shape index (κ1) is 50.6. The highest BCUT2D eigenvalue weighted by Crippen LogP contribution is 2.74. The summed E-state index contributed by atoms with van der Waals surface area (Å²) in [6, 6.07) is 0. The Balaban J connectivity index is 1.08. The fraction of sp³-hybridized carbons (Fsp3) is 0.935. The van der Waals surface area contributed by atoms with E-state index in [1.165, 1.54) is 0 Å². The minimum atomic E-state index is -1.73. The van der Waals surface area contributed by atoms with Crippen LogP contribution >= 0.6 is 0 Å². The number of Topliss-reactive ketones (excluding diaryl/α,β-unsaturated/α-hetero) is 1. The largest absolute Gasteiger partial charge is 0.394 e. The highest BCUT2D eigenvalue weighted by atomic mass is 16.7. The van der Waals surface area contributed by atoms with Gasteiger partial charge in [-0.25, -0.2) is 0 Å². The van der Waals surface area contributed by atoms with Crippen LogP contribution < -0.4 is 0 Å². The second kappa shape index (κ2) is 19.3. The molecule has 0 aromatic rings. The van der Waals surface area contributed by atoms with Crippen LogP contribution in [0.1, 0.15) is 106 Å². The molecule has 3 aliphatic heterocycles. The van der Waals surface area contributed by atoms with Crippen molar-refractivity contribution in [2.24, 2.45) is 39.9 Å². The fourth-order valence-electron chi connectivity index (χ4n) is 13.5. The van der Waals surface area contributed by atoms with Crippen LogP contribution in [0.25, 0.3) is 0 Å². The van der Waals surface area contributed by atoms with Crippen LogP contribution in [-0.2, 0) is 33.2 Å². The fourth-order valence-corrected chi connectivity index (χ4v) is 13.5. The molecule has 7 aliphatic rings. The average Bonchev–Trinajstić information content (AvgIpc) is 3.64. The van der Waals surface area contributed by atoms with Gasteiger partial charge in [0.2, 0.25) is 0 Å². The summed E-state index contributed by atoms with van der Waals surface area (Å²) in [5, 5.41) is 115. The van der Waals surface area contributed by atoms with Crippen LogP contribution in [0.3, 0.4) is 0 Å². The zero-order chi connectivity index (χ0) is 46.8. The highest BCUT2D eigenvalue weighted by molar-refractivity contribution is 5.84. The summed E-state index contributed by atoms with van der Waals surface area (Å²) in [6.45, 7) is 11.1. The summed E-state index contributed by atoms with van der Waals surface area (Å²) in [7, 11) is 0. The molecular weight excluding hydrogens is 840 g/mol. The van der Waals surface area contributed by atoms with Gasteiger partial charge in [0.05, 0.1) is 31.5 Å². The zero-order valence-electron chi connectivity index (χ0n) is 38.1. The number of ketones is 1. The highest BCUT2D eigenvalue weighted by Gasteiger charge is 2.71. The lowest BCUT2D eigenvalue weighted by molar-refractivity contribution is -0.348. The number of hydrogen-bond donors (Lipinski definition) is 11. The Kier molecular flexibility index (Phi) is 15.2. The molecule has 0 amide bonds. The number of hydrogen-bond acceptors (Lipinski definition) is 18. The maximum Gasteiger partial charge on any atom is 0.187 e. The number of aliphatic hydroxyl groups is 11. The number of carbonyl (C=O) groups excluding carboxylic acids is 1. The summed E-state index contributed by atoms with van der Waals surface area (Å²) < 4.78 is 36.1. The van der Waals surface area contributed by atoms with E-state index in [9.17, 15) is 56.2 Å². The van der Waals surface area contributed by atoms with Gasteiger partial charge in [-0.05, 0) is 113 Å². The van der Waals surface area contributed by atoms with Gasteiger partial charge in [0.1, 0.15) is 79.0 Å². The van der Waals surface area contributed by atoms with Crippen LogP contribution in [-0.4, -0.2) is 186 Å². The Labute approximate surface area is 375 Å². The topological polar surface area (TPSA) is 295 Å². The summed E-state index contributed by atoms with van der Waals surface area (Å²) in [5.74, 6) is -0.246. The maximum absolute atomic E-state index is 15.0. The van der Waals surface area contributed by atoms with E-state index in [-0.39, 0.29) is 40.5 Å². The minimum absolute atomic E-state index is 0.0712. The van der Waals surface area contributed by atoms with E-state index in [0.29, 0.717) is 38.5 Å². The number of ether oxygens (including phenoxy) is 6. The van der Waals surface area contributed by atoms with E-state index in [0.717, 1.165) is 31.3 Å². The standard InChI is InChI=1S/C46H76O18/c1-21(2)8-7-12-46(6,64-42-39(58)36(55)33(52)28(63-42)20-59-40-37(56)34(53)31(50)26(18-47)61-40)24-11-15-45(5)30(24)25(49)17-29-43(3)13-10-23(16-22(43)9-14-44(29,45)4)60-41-38(57)35(54)32(51)27(19-48)62-41/h8,22-24,26-42,47-48,50-58H,7,9-20H2,1-6H3/t22-,23+,24-,26-,27-,28-,29+,30-,31-,32-,33-,34+,35+,36+,37-,38-,39-,40-,41-,42+,43+,44-,45-,46+/m1/s1. The molecule has 0 spiro atoms. The second-order valence-electron chi connectivity index (χ2n) is 21.4. The molecule has 3 saturated heterocycles. The van der Waals surface area contributed by atoms with Gasteiger partial charge in [-0.2, -0.15) is 0 Å². The molecule has 11 N–H and O–H groups in total. The van der Waals surface area contributed by atoms with Crippen LogP contribution in [0, 0.1) is 39.9 Å². The van der Waals surface area contributed by atoms with E-state index in [2.05, 4.69) is 26.8 Å². The van der Waals surface area contributed by atoms with E-state index in [1.54, 1.807) is 0 Å². The Morgan fingerprint density at radius 3 is 1.86 bits per heavy atom. The molecule has 64 heavy (non-hydrogen) atoms. The van der Waals surface area contributed by atoms with E-state index < -0.39 is 129 Å². The normalized spacial score (nSPS) is 51.7. The molecule has 3 heterocycles. The van der Waals surface area contributed by atoms with Gasteiger partial charge >= 0.3 is 0 Å². The first-order chi connectivity index (χ1) is 30.0. The van der Waals surface area contributed by atoms with Crippen LogP contribution in [0.2, 0.25) is 0 Å². The van der Waals surface area contributed by atoms with Crippen molar-refractivity contribution < 1.29 is 89.4 Å². The van der Waals surface area contributed by atoms with Gasteiger partial charge in [-0.1, -0.05) is 32.4 Å². The molecular formula is C46H76O18. The average molecular weight is 917 g/mol. The molecule has 0 aromatic carbocycles. The van der Waals surface area contributed by atoms with Gasteiger partial charge in [-0.15, -0.1) is 0 Å². The molecule has 24 atom stereocenters. The van der Waals surface area contributed by atoms with Crippen LogP contribution in [0.15, 0.2) is 11.6 Å². The lowest BCUT2D eigenvalue weighted by atomic mass is 9.37. The Morgan fingerprint density at radius 2 is 1.25 bits per heavy atom. The number of carbonyl (C=O) groups is 1. The number of allylic oxidation sites excluding steroid dienone is 2. The van der Waals surface area contributed by atoms with Crippen molar-refractivity contribution in [3.63, 3.8) is 0 Å². The lowest BCUT2D eigenvalue weighted by Gasteiger charge is -2.67.